The van der Waals surface area contributed by atoms with E-state index in [2.05, 4.69) is 19.2 Å². The summed E-state index contributed by atoms with van der Waals surface area (Å²) >= 11 is -10.2. The summed E-state index contributed by atoms with van der Waals surface area (Å²) in [7, 11) is 0. The topological polar surface area (TPSA) is 16.6 Å². The highest BCUT2D eigenvalue weighted by Gasteiger charge is 2.55. The number of unbranched alkanes of at least 4 members (excludes halogenated alkanes) is 2. The molecule has 0 saturated carbocycles. The maximum Gasteiger partial charge on any atom is 0.286 e. The third-order valence-corrected chi connectivity index (χ3v) is 20.9. The molecule has 10 aromatic carbocycles. The molecule has 0 aliphatic carbocycles. The Morgan fingerprint density at radius 1 is 0.214 bits per heavy atom. The molecule has 0 aliphatic heterocycles. The molecule has 0 heterocycles. The van der Waals surface area contributed by atoms with Gasteiger partial charge in [-0.1, -0.05) is 26.7 Å². The second-order valence-corrected chi connectivity index (χ2v) is 24.6. The van der Waals surface area contributed by atoms with Crippen molar-refractivity contribution in [2.45, 2.75) is 39.5 Å². The third-order valence-electron chi connectivity index (χ3n) is 15.3. The van der Waals surface area contributed by atoms with E-state index in [4.69, 9.17) is 0 Å². The minimum atomic E-state index is -10.2. The Balaban J connectivity index is 0.000000348. The molecule has 0 saturated heterocycles. The summed E-state index contributed by atoms with van der Waals surface area (Å²) in [6, 6.07) is 0.665. The van der Waals surface area contributed by atoms with Crippen molar-refractivity contribution in [3.8, 4) is 11.1 Å². The SMILES string of the molecule is CCCC[NH2+]CCCC.Fc1c(F)c(F)c2[c]([Al-]([c]3c(F)c(F)c(F)c4c(F)c(F)c(F)c(F)c34)([c]3c(F)c(F)c(F)c4c(F)c(F)c(F)c(F)c34)[c]3c(F)c(F)c(F)c4c(F)c(F)c(F)c(F)c34)c(F)c(F)c(F)c2c1F.Fc1ccc(-c2c(F)c(F)c(F)c(F)c2F)c(F)c1F. The van der Waals surface area contributed by atoms with Crippen LogP contribution in [0.3, 0.4) is 0 Å². The summed E-state index contributed by atoms with van der Waals surface area (Å²) in [5.41, 5.74) is -2.95. The fourth-order valence-corrected chi connectivity index (χ4v) is 17.6. The van der Waals surface area contributed by atoms with E-state index in [0.717, 1.165) is 0 Å². The molecule has 0 aromatic heterocycles. The Labute approximate surface area is 521 Å². The van der Waals surface area contributed by atoms with E-state index < -0.39 is 294 Å². The highest BCUT2D eigenvalue weighted by Crippen LogP contribution is 2.43. The molecule has 0 atom stereocenters. The highest BCUT2D eigenvalue weighted by atomic mass is 27.2. The molecule has 10 aromatic rings. The number of benzene rings is 10. The van der Waals surface area contributed by atoms with Crippen molar-refractivity contribution < 1.29 is 163 Å². The first-order valence-electron chi connectivity index (χ1n) is 26.6. The van der Waals surface area contributed by atoms with Crippen LogP contribution in [-0.4, -0.2) is 26.2 Å². The lowest BCUT2D eigenvalue weighted by molar-refractivity contribution is -0.655. The molecule has 0 bridgehead atoms. The molecule has 0 amide bonds. The summed E-state index contributed by atoms with van der Waals surface area (Å²) in [5, 5.41) is -24.3. The van der Waals surface area contributed by atoms with Gasteiger partial charge in [0.2, 0.25) is 5.82 Å². The van der Waals surface area contributed by atoms with Gasteiger partial charge in [-0.05, 0) is 46.5 Å². The molecule has 38 heteroatoms. The second kappa shape index (κ2) is 27.5. The third kappa shape index (κ3) is 11.0. The van der Waals surface area contributed by atoms with Crippen molar-refractivity contribution in [1.82, 2.24) is 0 Å². The van der Waals surface area contributed by atoms with Crippen molar-refractivity contribution >= 4 is 73.9 Å². The van der Waals surface area contributed by atoms with E-state index in [0.29, 0.717) is 12.1 Å². The van der Waals surface area contributed by atoms with Crippen LogP contribution in [0.5, 0.6) is 0 Å². The van der Waals surface area contributed by atoms with Crippen molar-refractivity contribution in [3.05, 3.63) is 222 Å². The summed E-state index contributed by atoms with van der Waals surface area (Å²) in [6.07, 6.45) is 5.43. The van der Waals surface area contributed by atoms with Gasteiger partial charge in [-0.15, -0.1) is 0 Å². The molecule has 0 unspecified atom stereocenters. The number of fused-ring (bicyclic) bond motifs is 4. The Kier molecular flexibility index (Phi) is 21.0. The van der Waals surface area contributed by atoms with Gasteiger partial charge in [-0.3, -0.25) is 0 Å². The first-order valence-corrected chi connectivity index (χ1v) is 28.9. The molecule has 0 spiro atoms. The predicted molar refractivity (Wildman–Crippen MR) is 272 cm³/mol. The minimum absolute atomic E-state index is 0.297. The average molecular weight is 1470 g/mol. The molecular weight excluding hydrogens is 1450 g/mol. The normalized spacial score (nSPS) is 11.9. The van der Waals surface area contributed by atoms with Crippen molar-refractivity contribution in [2.24, 2.45) is 0 Å². The van der Waals surface area contributed by atoms with Gasteiger partial charge in [-0.2, -0.15) is 17.7 Å². The standard InChI is InChI=1S/C12H2F8.4C10F7.C8H19N.Al/c13-4-2-1-3(6(14)7(4)15)5-8(16)10(18)12(20)11(19)9(5)17;4*11-3-1-2-4(7(14)6(3)13)8(15)10(17)9(16)5(2)12;1-3-5-7-9-8-6-4-2;/h1-2H;;;;;9H,3-8H2,1-2H3;/q;;;;;;-1/p+1. The van der Waals surface area contributed by atoms with Crippen LogP contribution >= 0.6 is 0 Å². The zero-order valence-corrected chi connectivity index (χ0v) is 48.3. The van der Waals surface area contributed by atoms with Crippen LogP contribution in [0.1, 0.15) is 39.5 Å². The summed E-state index contributed by atoms with van der Waals surface area (Å²) < 4.78 is 536. The highest BCUT2D eigenvalue weighted by molar-refractivity contribution is 7.23. The minimum Gasteiger partial charge on any atom is -0.346 e. The van der Waals surface area contributed by atoms with Gasteiger partial charge in [-0.25, -0.2) is 158 Å². The lowest BCUT2D eigenvalue weighted by atomic mass is 10.0. The molecule has 0 fully saturated rings. The Bertz CT molecular complexity index is 4510. The van der Waals surface area contributed by atoms with Crippen molar-refractivity contribution in [1.29, 1.82) is 0 Å². The first kappa shape index (κ1) is 75.0. The number of hydrogen-bond donors (Lipinski definition) is 1. The van der Waals surface area contributed by atoms with Crippen molar-refractivity contribution in [2.75, 3.05) is 13.1 Å². The average Bonchev–Trinajstić information content (AvgIpc) is 0.662. The number of quaternary nitrogens is 1. The molecule has 98 heavy (non-hydrogen) atoms. The van der Waals surface area contributed by atoms with Crippen LogP contribution in [0.25, 0.3) is 54.2 Å². The van der Waals surface area contributed by atoms with Gasteiger partial charge in [0, 0.05) is 5.56 Å². The van der Waals surface area contributed by atoms with Crippen molar-refractivity contribution in [3.63, 3.8) is 0 Å². The largest absolute Gasteiger partial charge is 0.346 e. The monoisotopic (exact) mass is 1470 g/mol. The first-order chi connectivity index (χ1) is 45.7. The zero-order valence-electron chi connectivity index (χ0n) is 47.2. The quantitative estimate of drug-likeness (QED) is 0.0437. The van der Waals surface area contributed by atoms with Gasteiger partial charge in [0.05, 0.1) is 40.2 Å². The smallest absolute Gasteiger partial charge is 0.286 e. The summed E-state index contributed by atoms with van der Waals surface area (Å²) in [6.45, 7) is 7.15. The molecule has 1 nitrogen and oxygen atoms in total. The van der Waals surface area contributed by atoms with Crippen LogP contribution < -0.4 is 23.0 Å². The van der Waals surface area contributed by atoms with E-state index in [9.17, 15) is 52.7 Å². The van der Waals surface area contributed by atoms with E-state index >= 15 is 105 Å². The van der Waals surface area contributed by atoms with E-state index in [1.807, 2.05) is 0 Å². The fraction of sp³-hybridized carbons (Fsp3) is 0.133. The van der Waals surface area contributed by atoms with Crippen LogP contribution in [0.2, 0.25) is 0 Å². The lowest BCUT2D eigenvalue weighted by Crippen LogP contribution is -2.84. The Morgan fingerprint density at radius 2 is 0.408 bits per heavy atom. The molecule has 2 N–H and O–H groups in total. The predicted octanol–water partition coefficient (Wildman–Crippen LogP) is 17.2. The lowest BCUT2D eigenvalue weighted by Gasteiger charge is -2.44. The summed E-state index contributed by atoms with van der Waals surface area (Å²) in [4.78, 5) is 0. The number of nitrogens with two attached hydrogens (primary N) is 1. The van der Waals surface area contributed by atoms with Gasteiger partial charge < -0.3 is 5.32 Å². The molecule has 0 radical (unpaired) electrons. The fourth-order valence-electron chi connectivity index (χ4n) is 11.0. The molecular formula is C60H22AlF36N. The van der Waals surface area contributed by atoms with Crippen LogP contribution in [0.4, 0.5) is 158 Å². The number of rotatable bonds is 11. The van der Waals surface area contributed by atoms with Gasteiger partial charge >= 0.3 is 0 Å². The molecule has 10 rings (SSSR count). The van der Waals surface area contributed by atoms with Crippen LogP contribution in [-0.2, 0) is 0 Å². The van der Waals surface area contributed by atoms with Gasteiger partial charge in [0.1, 0.15) is 23.3 Å². The number of halogens is 36. The Hall–Kier alpha value is -8.79. The van der Waals surface area contributed by atoms with E-state index in [-0.39, 0.29) is 0 Å². The zero-order chi connectivity index (χ0) is 73.7. The van der Waals surface area contributed by atoms with Crippen LogP contribution in [0, 0.1) is 209 Å². The van der Waals surface area contributed by atoms with Gasteiger partial charge in [0.15, 0.2) is 180 Å². The summed E-state index contributed by atoms with van der Waals surface area (Å²) in [5.74, 6) is -121. The van der Waals surface area contributed by atoms with E-state index in [1.54, 1.807) is 0 Å². The number of hydrogen-bond acceptors (Lipinski definition) is 0. The maximum absolute atomic E-state index is 17.3. The van der Waals surface area contributed by atoms with E-state index in [1.165, 1.54) is 38.8 Å². The molecule has 0 aliphatic rings. The molecule has 522 valence electrons. The second-order valence-electron chi connectivity index (χ2n) is 20.6. The maximum atomic E-state index is 17.3. The van der Waals surface area contributed by atoms with Crippen LogP contribution in [0.15, 0.2) is 12.1 Å². The van der Waals surface area contributed by atoms with Gasteiger partial charge in [0.25, 0.3) is 13.1 Å². The Morgan fingerprint density at radius 3 is 0.633 bits per heavy atom.